The summed E-state index contributed by atoms with van der Waals surface area (Å²) in [5, 5.41) is 0. The minimum absolute atomic E-state index is 1.09. The molecule has 0 saturated heterocycles. The molecule has 0 amide bonds. The molecule has 1 aliphatic carbocycles. The van der Waals surface area contributed by atoms with E-state index < -0.39 is 0 Å². The number of allylic oxidation sites excluding steroid dienone is 1. The van der Waals surface area contributed by atoms with Crippen molar-refractivity contribution in [3.05, 3.63) is 58.7 Å². The number of fused-ring (bicyclic) bond motifs is 2. The Morgan fingerprint density at radius 1 is 1.18 bits per heavy atom. The van der Waals surface area contributed by atoms with Gasteiger partial charge in [0, 0.05) is 25.0 Å². The summed E-state index contributed by atoms with van der Waals surface area (Å²) in [6, 6.07) is 6.63. The number of hydrogen-bond donors (Lipinski definition) is 0. The van der Waals surface area contributed by atoms with Gasteiger partial charge < -0.3 is 9.80 Å². The third-order valence-corrected chi connectivity index (χ3v) is 3.85. The van der Waals surface area contributed by atoms with E-state index in [9.17, 15) is 0 Å². The molecule has 1 aromatic rings. The van der Waals surface area contributed by atoms with E-state index in [4.69, 9.17) is 0 Å². The van der Waals surface area contributed by atoms with Gasteiger partial charge in [-0.25, -0.2) is 0 Å². The van der Waals surface area contributed by atoms with Crippen molar-refractivity contribution in [2.24, 2.45) is 0 Å². The Labute approximate surface area is 101 Å². The fourth-order valence-electron chi connectivity index (χ4n) is 3.07. The predicted octanol–water partition coefficient (Wildman–Crippen LogP) is 3.00. The van der Waals surface area contributed by atoms with E-state index in [1.165, 1.54) is 33.8 Å². The van der Waals surface area contributed by atoms with Gasteiger partial charge in [-0.1, -0.05) is 18.2 Å². The van der Waals surface area contributed by atoms with Crippen molar-refractivity contribution in [1.29, 1.82) is 0 Å². The Morgan fingerprint density at radius 2 is 2.06 bits per heavy atom. The van der Waals surface area contributed by atoms with E-state index in [0.717, 1.165) is 6.42 Å². The molecule has 0 aromatic heterocycles. The molecule has 0 fully saturated rings. The second kappa shape index (κ2) is 2.83. The van der Waals surface area contributed by atoms with E-state index in [-0.39, 0.29) is 0 Å². The smallest absolute Gasteiger partial charge is 0.117 e. The summed E-state index contributed by atoms with van der Waals surface area (Å²) in [5.74, 6) is 1.26. The molecule has 0 spiro atoms. The van der Waals surface area contributed by atoms with Crippen LogP contribution in [0, 0.1) is 0 Å². The van der Waals surface area contributed by atoms with Gasteiger partial charge in [0.05, 0.1) is 5.70 Å². The Balaban J connectivity index is 2.06. The highest BCUT2D eigenvalue weighted by atomic mass is 15.4. The third kappa shape index (κ3) is 1.00. The summed E-state index contributed by atoms with van der Waals surface area (Å²) in [7, 11) is 2.10. The molecule has 2 aliphatic heterocycles. The van der Waals surface area contributed by atoms with Gasteiger partial charge in [0.2, 0.25) is 0 Å². The molecular weight excluding hydrogens is 208 g/mol. The van der Waals surface area contributed by atoms with Gasteiger partial charge in [0.15, 0.2) is 0 Å². The van der Waals surface area contributed by atoms with Crippen LogP contribution in [0.25, 0.3) is 11.8 Å². The van der Waals surface area contributed by atoms with E-state index in [2.05, 4.69) is 60.4 Å². The summed E-state index contributed by atoms with van der Waals surface area (Å²) >= 11 is 0. The van der Waals surface area contributed by atoms with Crippen molar-refractivity contribution < 1.29 is 0 Å². The molecule has 0 unspecified atom stereocenters. The SMILES string of the molecule is CC1=C2c3c(cccc3C1)C=C1N(C)C=CN12. The first kappa shape index (κ1) is 9.11. The first-order valence-corrected chi connectivity index (χ1v) is 6.00. The minimum Gasteiger partial charge on any atom is -0.336 e. The monoisotopic (exact) mass is 222 g/mol. The van der Waals surface area contributed by atoms with E-state index in [1.807, 2.05) is 0 Å². The highest BCUT2D eigenvalue weighted by Crippen LogP contribution is 2.45. The molecule has 3 aliphatic rings. The molecule has 0 atom stereocenters. The molecule has 0 N–H and O–H groups in total. The Kier molecular flexibility index (Phi) is 1.52. The molecule has 17 heavy (non-hydrogen) atoms. The lowest BCUT2D eigenvalue weighted by molar-refractivity contribution is 0.488. The maximum atomic E-state index is 2.31. The molecule has 4 rings (SSSR count). The van der Waals surface area contributed by atoms with Crippen LogP contribution in [-0.2, 0) is 6.42 Å². The minimum atomic E-state index is 1.09. The van der Waals surface area contributed by atoms with Crippen LogP contribution in [-0.4, -0.2) is 16.8 Å². The summed E-state index contributed by atoms with van der Waals surface area (Å²) in [6.07, 6.45) is 7.65. The fraction of sp³-hybridized carbons (Fsp3) is 0.200. The highest BCUT2D eigenvalue weighted by Gasteiger charge is 2.32. The summed E-state index contributed by atoms with van der Waals surface area (Å²) in [4.78, 5) is 4.49. The topological polar surface area (TPSA) is 6.48 Å². The molecular formula is C15H14N2. The fourth-order valence-corrected chi connectivity index (χ4v) is 3.07. The van der Waals surface area contributed by atoms with Gasteiger partial charge in [0.1, 0.15) is 5.82 Å². The van der Waals surface area contributed by atoms with Crippen LogP contribution in [0.4, 0.5) is 0 Å². The van der Waals surface area contributed by atoms with Crippen LogP contribution in [0.2, 0.25) is 0 Å². The van der Waals surface area contributed by atoms with Crippen molar-refractivity contribution >= 4 is 11.8 Å². The lowest BCUT2D eigenvalue weighted by Crippen LogP contribution is -2.22. The van der Waals surface area contributed by atoms with E-state index in [0.29, 0.717) is 0 Å². The third-order valence-electron chi connectivity index (χ3n) is 3.85. The van der Waals surface area contributed by atoms with Crippen molar-refractivity contribution in [3.63, 3.8) is 0 Å². The lowest BCUT2D eigenvalue weighted by atomic mass is 9.98. The van der Waals surface area contributed by atoms with E-state index >= 15 is 0 Å². The normalized spacial score (nSPS) is 19.8. The van der Waals surface area contributed by atoms with Crippen molar-refractivity contribution in [2.75, 3.05) is 7.05 Å². The van der Waals surface area contributed by atoms with Crippen molar-refractivity contribution in [1.82, 2.24) is 9.80 Å². The van der Waals surface area contributed by atoms with Crippen molar-refractivity contribution in [3.8, 4) is 0 Å². The van der Waals surface area contributed by atoms with Gasteiger partial charge in [-0.3, -0.25) is 0 Å². The maximum Gasteiger partial charge on any atom is 0.117 e. The molecule has 0 radical (unpaired) electrons. The highest BCUT2D eigenvalue weighted by molar-refractivity contribution is 5.86. The van der Waals surface area contributed by atoms with Crippen LogP contribution in [0.15, 0.2) is 42.0 Å². The summed E-state index contributed by atoms with van der Waals surface area (Å²) in [6.45, 7) is 2.24. The molecule has 0 bridgehead atoms. The van der Waals surface area contributed by atoms with Gasteiger partial charge in [-0.2, -0.15) is 0 Å². The second-order valence-corrected chi connectivity index (χ2v) is 4.97. The molecule has 2 heterocycles. The molecule has 0 saturated carbocycles. The van der Waals surface area contributed by atoms with Crippen LogP contribution in [0.5, 0.6) is 0 Å². The number of rotatable bonds is 0. The molecule has 2 nitrogen and oxygen atoms in total. The van der Waals surface area contributed by atoms with Crippen LogP contribution >= 0.6 is 0 Å². The number of nitrogens with zero attached hydrogens (tertiary/aromatic N) is 2. The predicted molar refractivity (Wildman–Crippen MR) is 69.5 cm³/mol. The largest absolute Gasteiger partial charge is 0.336 e. The van der Waals surface area contributed by atoms with E-state index in [1.54, 1.807) is 0 Å². The standard InChI is InChI=1S/C15H14N2/c1-10-8-11-4-3-5-12-9-13-16(2)6-7-17(13)15(10)14(11)12/h3-7,9H,8H2,1-2H3. The second-order valence-electron chi connectivity index (χ2n) is 4.97. The van der Waals surface area contributed by atoms with Crippen LogP contribution < -0.4 is 0 Å². The summed E-state index contributed by atoms with van der Waals surface area (Å²) < 4.78 is 0. The zero-order chi connectivity index (χ0) is 11.6. The quantitative estimate of drug-likeness (QED) is 0.665. The molecule has 2 heteroatoms. The average molecular weight is 222 g/mol. The first-order valence-electron chi connectivity index (χ1n) is 6.00. The zero-order valence-corrected chi connectivity index (χ0v) is 10.1. The summed E-state index contributed by atoms with van der Waals surface area (Å²) in [5.41, 5.74) is 7.13. The van der Waals surface area contributed by atoms with Gasteiger partial charge in [-0.15, -0.1) is 0 Å². The van der Waals surface area contributed by atoms with Crippen LogP contribution in [0.3, 0.4) is 0 Å². The van der Waals surface area contributed by atoms with Gasteiger partial charge in [-0.05, 0) is 36.1 Å². The number of benzene rings is 1. The maximum absolute atomic E-state index is 2.31. The average Bonchev–Trinajstić information content (AvgIpc) is 2.84. The zero-order valence-electron chi connectivity index (χ0n) is 10.1. The molecule has 84 valence electrons. The van der Waals surface area contributed by atoms with Gasteiger partial charge in [0.25, 0.3) is 0 Å². The Morgan fingerprint density at radius 3 is 2.94 bits per heavy atom. The van der Waals surface area contributed by atoms with Crippen molar-refractivity contribution in [2.45, 2.75) is 13.3 Å². The molecule has 1 aromatic carbocycles. The lowest BCUT2D eigenvalue weighted by Gasteiger charge is -2.29. The first-order chi connectivity index (χ1) is 8.25. The Bertz CT molecular complexity index is 620. The number of hydrogen-bond acceptors (Lipinski definition) is 2. The van der Waals surface area contributed by atoms with Crippen LogP contribution in [0.1, 0.15) is 23.6 Å². The Hall–Kier alpha value is -1.96. The van der Waals surface area contributed by atoms with Gasteiger partial charge >= 0.3 is 0 Å².